The van der Waals surface area contributed by atoms with E-state index < -0.39 is 47.4 Å². The zero-order valence-corrected chi connectivity index (χ0v) is 18.4. The zero-order valence-electron chi connectivity index (χ0n) is 17.7. The maximum absolute atomic E-state index is 13.6. The van der Waals surface area contributed by atoms with Crippen molar-refractivity contribution >= 4 is 17.5 Å². The van der Waals surface area contributed by atoms with Crippen molar-refractivity contribution in [2.24, 2.45) is 0 Å². The van der Waals surface area contributed by atoms with Crippen molar-refractivity contribution in [2.75, 3.05) is 6.54 Å². The topological polar surface area (TPSA) is 29.5 Å². The highest BCUT2D eigenvalue weighted by atomic mass is 35.5. The van der Waals surface area contributed by atoms with E-state index in [4.69, 9.17) is 16.3 Å². The number of halogens is 8. The van der Waals surface area contributed by atoms with Gasteiger partial charge in [0.15, 0.2) is 0 Å². The summed E-state index contributed by atoms with van der Waals surface area (Å²) in [5, 5.41) is 0.103. The van der Waals surface area contributed by atoms with Gasteiger partial charge in [0, 0.05) is 29.9 Å². The van der Waals surface area contributed by atoms with Gasteiger partial charge in [-0.15, -0.1) is 0 Å². The number of rotatable bonds is 4. The average molecular weight is 510 g/mol. The molecule has 0 N–H and O–H groups in total. The lowest BCUT2D eigenvalue weighted by atomic mass is 9.88. The molecule has 0 aromatic heterocycles. The number of hydrogen-bond donors (Lipinski definition) is 0. The molecule has 2 fully saturated rings. The summed E-state index contributed by atoms with van der Waals surface area (Å²) >= 11 is 6.25. The molecule has 2 saturated heterocycles. The number of nitrogens with zero attached hydrogens (tertiary/aromatic N) is 1. The number of carbonyl (C=O) groups is 1. The summed E-state index contributed by atoms with van der Waals surface area (Å²) in [4.78, 5) is 13.9. The first-order valence-electron chi connectivity index (χ1n) is 10.4. The molecule has 0 bridgehead atoms. The quantitative estimate of drug-likeness (QED) is 0.427. The Bertz CT molecular complexity index is 1070. The molecule has 4 rings (SSSR count). The number of amides is 1. The van der Waals surface area contributed by atoms with Gasteiger partial charge in [-0.05, 0) is 54.8 Å². The number of hydrogen-bond acceptors (Lipinski definition) is 2. The van der Waals surface area contributed by atoms with Crippen LogP contribution in [0.4, 0.5) is 30.7 Å². The fourth-order valence-corrected chi connectivity index (χ4v) is 5.08. The maximum atomic E-state index is 13.6. The van der Waals surface area contributed by atoms with Crippen molar-refractivity contribution < 1.29 is 40.3 Å². The van der Waals surface area contributed by atoms with Crippen molar-refractivity contribution in [3.8, 4) is 0 Å². The Morgan fingerprint density at radius 3 is 2.21 bits per heavy atom. The summed E-state index contributed by atoms with van der Waals surface area (Å²) < 4.78 is 99.2. The van der Waals surface area contributed by atoms with Gasteiger partial charge in [0.05, 0.1) is 23.3 Å². The van der Waals surface area contributed by atoms with Crippen molar-refractivity contribution in [3.05, 3.63) is 69.5 Å². The van der Waals surface area contributed by atoms with Crippen LogP contribution in [0.5, 0.6) is 0 Å². The smallest absolute Gasteiger partial charge is 0.368 e. The molecule has 2 aromatic rings. The second-order valence-corrected chi connectivity index (χ2v) is 8.91. The van der Waals surface area contributed by atoms with Gasteiger partial charge in [0.2, 0.25) is 5.91 Å². The van der Waals surface area contributed by atoms with Crippen LogP contribution in [0.2, 0.25) is 5.02 Å². The average Bonchev–Trinajstić information content (AvgIpc) is 3.26. The Kier molecular flexibility index (Phi) is 6.35. The molecular formula is C23H19ClF7NO2. The molecule has 4 atom stereocenters. The normalized spacial score (nSPS) is 24.0. The molecular weight excluding hydrogens is 491 g/mol. The zero-order chi connectivity index (χ0) is 25.0. The minimum absolute atomic E-state index is 0.0572. The molecule has 11 heteroatoms. The van der Waals surface area contributed by atoms with E-state index >= 15 is 0 Å². The predicted molar refractivity (Wildman–Crippen MR) is 109 cm³/mol. The van der Waals surface area contributed by atoms with Crippen LogP contribution >= 0.6 is 11.6 Å². The first-order chi connectivity index (χ1) is 15.8. The highest BCUT2D eigenvalue weighted by Crippen LogP contribution is 2.45. The largest absolute Gasteiger partial charge is 0.416 e. The van der Waals surface area contributed by atoms with Crippen LogP contribution < -0.4 is 0 Å². The first kappa shape index (κ1) is 24.8. The Morgan fingerprint density at radius 2 is 1.65 bits per heavy atom. The van der Waals surface area contributed by atoms with E-state index in [2.05, 4.69) is 0 Å². The van der Waals surface area contributed by atoms with Crippen molar-refractivity contribution in [2.45, 2.75) is 56.3 Å². The van der Waals surface area contributed by atoms with E-state index in [1.54, 1.807) is 4.90 Å². The van der Waals surface area contributed by atoms with E-state index in [9.17, 15) is 35.5 Å². The molecule has 1 amide bonds. The third kappa shape index (κ3) is 4.75. The highest BCUT2D eigenvalue weighted by molar-refractivity contribution is 6.31. The van der Waals surface area contributed by atoms with E-state index in [1.165, 1.54) is 19.1 Å². The lowest BCUT2D eigenvalue weighted by Crippen LogP contribution is -2.29. The van der Waals surface area contributed by atoms with Crippen molar-refractivity contribution in [1.82, 2.24) is 4.90 Å². The van der Waals surface area contributed by atoms with Crippen LogP contribution in [0.1, 0.15) is 54.0 Å². The fraction of sp³-hybridized carbons (Fsp3) is 0.435. The number of fused-ring (bicyclic) bond motifs is 1. The van der Waals surface area contributed by atoms with Crippen LogP contribution in [-0.2, 0) is 21.9 Å². The van der Waals surface area contributed by atoms with Gasteiger partial charge in [-0.1, -0.05) is 17.7 Å². The summed E-state index contributed by atoms with van der Waals surface area (Å²) in [5.41, 5.74) is -2.67. The molecule has 184 valence electrons. The molecule has 34 heavy (non-hydrogen) atoms. The van der Waals surface area contributed by atoms with Crippen LogP contribution in [0.25, 0.3) is 0 Å². The lowest BCUT2D eigenvalue weighted by molar-refractivity contribution is -0.143. The van der Waals surface area contributed by atoms with E-state index in [1.807, 2.05) is 0 Å². The van der Waals surface area contributed by atoms with Gasteiger partial charge in [-0.2, -0.15) is 26.3 Å². The number of benzene rings is 2. The van der Waals surface area contributed by atoms with Gasteiger partial charge in [0.1, 0.15) is 5.82 Å². The molecule has 2 aliphatic rings. The Balaban J connectivity index is 1.68. The maximum Gasteiger partial charge on any atom is 0.416 e. The molecule has 3 nitrogen and oxygen atoms in total. The molecule has 2 aromatic carbocycles. The van der Waals surface area contributed by atoms with Crippen LogP contribution in [0, 0.1) is 5.82 Å². The van der Waals surface area contributed by atoms with Crippen LogP contribution in [0.3, 0.4) is 0 Å². The summed E-state index contributed by atoms with van der Waals surface area (Å²) in [7, 11) is 0. The second kappa shape index (κ2) is 8.71. The number of alkyl halides is 6. The van der Waals surface area contributed by atoms with Crippen molar-refractivity contribution in [3.63, 3.8) is 0 Å². The van der Waals surface area contributed by atoms with Crippen molar-refractivity contribution in [1.29, 1.82) is 0 Å². The molecule has 0 radical (unpaired) electrons. The predicted octanol–water partition coefficient (Wildman–Crippen LogP) is 6.75. The molecule has 2 heterocycles. The van der Waals surface area contributed by atoms with Crippen LogP contribution in [0.15, 0.2) is 36.4 Å². The minimum Gasteiger partial charge on any atom is -0.368 e. The molecule has 0 saturated carbocycles. The fourth-order valence-electron chi connectivity index (χ4n) is 4.78. The summed E-state index contributed by atoms with van der Waals surface area (Å²) in [6, 6.07) is 4.76. The summed E-state index contributed by atoms with van der Waals surface area (Å²) in [5.74, 6) is -1.22. The minimum atomic E-state index is -4.98. The Labute approximate surface area is 195 Å². The third-order valence-corrected chi connectivity index (χ3v) is 6.67. The molecule has 2 aliphatic heterocycles. The SMILES string of the molecule is C[C@@H](O[C@H]1CN2C(=O)CCC2C1c1ccc(F)cc1Cl)c1cc(C(F)(F)F)cc(C(F)(F)F)c1. The lowest BCUT2D eigenvalue weighted by Gasteiger charge is -2.27. The van der Waals surface area contributed by atoms with E-state index in [-0.39, 0.29) is 35.1 Å². The van der Waals surface area contributed by atoms with Gasteiger partial charge in [0.25, 0.3) is 0 Å². The van der Waals surface area contributed by atoms with E-state index in [0.717, 1.165) is 6.07 Å². The third-order valence-electron chi connectivity index (χ3n) is 6.35. The van der Waals surface area contributed by atoms with Gasteiger partial charge < -0.3 is 9.64 Å². The van der Waals surface area contributed by atoms with Gasteiger partial charge in [-0.3, -0.25) is 4.79 Å². The number of carbonyl (C=O) groups excluding carboxylic acids is 1. The summed E-state index contributed by atoms with van der Waals surface area (Å²) in [6.45, 7) is 1.45. The van der Waals surface area contributed by atoms with E-state index in [0.29, 0.717) is 30.5 Å². The Hall–Kier alpha value is -2.33. The highest BCUT2D eigenvalue weighted by Gasteiger charge is 2.49. The standard InChI is InChI=1S/C23H19ClF7NO2/c1-11(12-6-13(22(26,27)28)8-14(7-12)23(29,30)31)34-19-10-32-18(4-5-20(32)33)21(19)16-3-2-15(25)9-17(16)24/h2-3,6-9,11,18-19,21H,4-5,10H2,1H3/t11-,18?,19+,21?/m1/s1. The van der Waals surface area contributed by atoms with Gasteiger partial charge >= 0.3 is 12.4 Å². The van der Waals surface area contributed by atoms with Gasteiger partial charge in [-0.25, -0.2) is 4.39 Å². The monoisotopic (exact) mass is 509 g/mol. The Morgan fingerprint density at radius 1 is 1.03 bits per heavy atom. The molecule has 0 aliphatic carbocycles. The second-order valence-electron chi connectivity index (χ2n) is 8.50. The summed E-state index contributed by atoms with van der Waals surface area (Å²) in [6.07, 6.45) is -11.1. The molecule has 2 unspecified atom stereocenters. The first-order valence-corrected chi connectivity index (χ1v) is 10.8. The van der Waals surface area contributed by atoms with Crippen LogP contribution in [-0.4, -0.2) is 29.5 Å². The molecule has 0 spiro atoms. The number of ether oxygens (including phenoxy) is 1.